The number of hydrogen-bond donors (Lipinski definition) is 1. The largest absolute Gasteiger partial charge is 0.330 e. The summed E-state index contributed by atoms with van der Waals surface area (Å²) in [7, 11) is 3.12. The van der Waals surface area contributed by atoms with Gasteiger partial charge in [-0.15, -0.1) is 0 Å². The van der Waals surface area contributed by atoms with Crippen LogP contribution < -0.4 is 16.6 Å². The van der Waals surface area contributed by atoms with Crippen LogP contribution in [0.25, 0.3) is 0 Å². The van der Waals surface area contributed by atoms with Gasteiger partial charge in [0.1, 0.15) is 0 Å². The van der Waals surface area contributed by atoms with Crippen LogP contribution in [0.1, 0.15) is 11.3 Å². The van der Waals surface area contributed by atoms with Gasteiger partial charge in [-0.1, -0.05) is 23.7 Å². The van der Waals surface area contributed by atoms with E-state index in [4.69, 9.17) is 11.6 Å². The molecular formula is C14H16ClN3O2. The van der Waals surface area contributed by atoms with E-state index in [1.807, 2.05) is 24.3 Å². The number of hydrogen-bond acceptors (Lipinski definition) is 3. The summed E-state index contributed by atoms with van der Waals surface area (Å²) in [5, 5.41) is 3.88. The van der Waals surface area contributed by atoms with E-state index in [0.717, 1.165) is 10.1 Å². The van der Waals surface area contributed by atoms with Gasteiger partial charge in [-0.2, -0.15) is 0 Å². The number of nitrogens with one attached hydrogen (secondary N) is 1. The van der Waals surface area contributed by atoms with E-state index in [-0.39, 0.29) is 11.2 Å². The molecule has 1 N–H and O–H groups in total. The zero-order valence-electron chi connectivity index (χ0n) is 11.4. The summed E-state index contributed by atoms with van der Waals surface area (Å²) < 4.78 is 2.55. The van der Waals surface area contributed by atoms with Crippen molar-refractivity contribution in [1.29, 1.82) is 0 Å². The van der Waals surface area contributed by atoms with Crippen LogP contribution in [-0.4, -0.2) is 9.13 Å². The van der Waals surface area contributed by atoms with Gasteiger partial charge in [-0.05, 0) is 17.7 Å². The quantitative estimate of drug-likeness (QED) is 0.916. The van der Waals surface area contributed by atoms with Crippen LogP contribution in [0.4, 0.5) is 0 Å². The van der Waals surface area contributed by atoms with Crippen LogP contribution >= 0.6 is 11.6 Å². The maximum atomic E-state index is 11.8. The molecule has 0 aliphatic carbocycles. The molecule has 0 fully saturated rings. The molecule has 0 aliphatic heterocycles. The van der Waals surface area contributed by atoms with Crippen molar-refractivity contribution in [3.05, 3.63) is 67.4 Å². The van der Waals surface area contributed by atoms with Gasteiger partial charge in [-0.25, -0.2) is 4.79 Å². The molecule has 0 amide bonds. The van der Waals surface area contributed by atoms with E-state index in [0.29, 0.717) is 23.8 Å². The average molecular weight is 294 g/mol. The lowest BCUT2D eigenvalue weighted by atomic mass is 10.2. The molecule has 20 heavy (non-hydrogen) atoms. The molecule has 0 spiro atoms. The van der Waals surface area contributed by atoms with Gasteiger partial charge in [-0.3, -0.25) is 13.9 Å². The van der Waals surface area contributed by atoms with Crippen LogP contribution in [-0.2, 0) is 27.2 Å². The van der Waals surface area contributed by atoms with E-state index in [1.165, 1.54) is 17.7 Å². The average Bonchev–Trinajstić information content (AvgIpc) is 2.42. The molecule has 2 aromatic rings. The summed E-state index contributed by atoms with van der Waals surface area (Å²) in [4.78, 5) is 23.4. The Morgan fingerprint density at radius 2 is 1.85 bits per heavy atom. The highest BCUT2D eigenvalue weighted by Gasteiger charge is 2.05. The Morgan fingerprint density at radius 3 is 2.55 bits per heavy atom. The van der Waals surface area contributed by atoms with E-state index < -0.39 is 0 Å². The molecule has 0 bridgehead atoms. The predicted octanol–water partition coefficient (Wildman–Crippen LogP) is 1.03. The molecule has 0 saturated heterocycles. The molecule has 2 rings (SSSR count). The normalized spacial score (nSPS) is 10.8. The fraction of sp³-hybridized carbons (Fsp3) is 0.286. The fourth-order valence-corrected chi connectivity index (χ4v) is 2.14. The number of rotatable bonds is 4. The Bertz CT molecular complexity index is 734. The third kappa shape index (κ3) is 3.18. The van der Waals surface area contributed by atoms with Crippen LogP contribution in [0.5, 0.6) is 0 Å². The van der Waals surface area contributed by atoms with Gasteiger partial charge in [0, 0.05) is 44.0 Å². The molecule has 0 saturated carbocycles. The zero-order chi connectivity index (χ0) is 14.7. The van der Waals surface area contributed by atoms with Crippen molar-refractivity contribution in [2.45, 2.75) is 13.1 Å². The Kier molecular flexibility index (Phi) is 4.42. The summed E-state index contributed by atoms with van der Waals surface area (Å²) in [5.41, 5.74) is 1.08. The molecule has 1 aromatic carbocycles. The summed E-state index contributed by atoms with van der Waals surface area (Å²) >= 11 is 5.91. The molecule has 0 aliphatic rings. The van der Waals surface area contributed by atoms with E-state index in [1.54, 1.807) is 7.05 Å². The zero-order valence-corrected chi connectivity index (χ0v) is 12.1. The van der Waals surface area contributed by atoms with Crippen molar-refractivity contribution in [1.82, 2.24) is 14.5 Å². The lowest BCUT2D eigenvalue weighted by Crippen LogP contribution is -2.38. The molecule has 0 atom stereocenters. The van der Waals surface area contributed by atoms with Gasteiger partial charge in [0.25, 0.3) is 5.56 Å². The van der Waals surface area contributed by atoms with Crippen molar-refractivity contribution >= 4 is 11.6 Å². The van der Waals surface area contributed by atoms with Gasteiger partial charge >= 0.3 is 5.69 Å². The van der Waals surface area contributed by atoms with Crippen molar-refractivity contribution in [3.8, 4) is 0 Å². The van der Waals surface area contributed by atoms with E-state index in [9.17, 15) is 9.59 Å². The van der Waals surface area contributed by atoms with Crippen LogP contribution in [0.3, 0.4) is 0 Å². The highest BCUT2D eigenvalue weighted by Crippen LogP contribution is 2.10. The first-order chi connectivity index (χ1) is 9.49. The smallest absolute Gasteiger partial charge is 0.307 e. The Labute approximate surface area is 121 Å². The SMILES string of the molecule is Cn1c(CNCc2cccc(Cl)c2)cc(=O)n(C)c1=O. The highest BCUT2D eigenvalue weighted by atomic mass is 35.5. The van der Waals surface area contributed by atoms with Gasteiger partial charge in [0.2, 0.25) is 0 Å². The van der Waals surface area contributed by atoms with Gasteiger partial charge in [0.15, 0.2) is 0 Å². The molecule has 0 unspecified atom stereocenters. The number of aromatic nitrogens is 2. The summed E-state index contributed by atoms with van der Waals surface area (Å²) in [6.07, 6.45) is 0. The molecule has 1 heterocycles. The highest BCUT2D eigenvalue weighted by molar-refractivity contribution is 6.30. The van der Waals surface area contributed by atoms with Crippen molar-refractivity contribution in [3.63, 3.8) is 0 Å². The van der Waals surface area contributed by atoms with Crippen LogP contribution in [0, 0.1) is 0 Å². The lowest BCUT2D eigenvalue weighted by molar-refractivity contribution is 0.601. The minimum absolute atomic E-state index is 0.298. The molecule has 6 heteroatoms. The molecule has 5 nitrogen and oxygen atoms in total. The molecule has 0 radical (unpaired) electrons. The first kappa shape index (κ1) is 14.6. The van der Waals surface area contributed by atoms with Gasteiger partial charge in [0.05, 0.1) is 0 Å². The summed E-state index contributed by atoms with van der Waals surface area (Å²) in [6, 6.07) is 8.99. The summed E-state index contributed by atoms with van der Waals surface area (Å²) in [5.74, 6) is 0. The van der Waals surface area contributed by atoms with Crippen molar-refractivity contribution < 1.29 is 0 Å². The second kappa shape index (κ2) is 6.07. The van der Waals surface area contributed by atoms with Crippen LogP contribution in [0.15, 0.2) is 39.9 Å². The maximum absolute atomic E-state index is 11.8. The topological polar surface area (TPSA) is 56.0 Å². The Balaban J connectivity index is 2.09. The molecular weight excluding hydrogens is 278 g/mol. The standard InChI is InChI=1S/C14H16ClN3O2/c1-17-12(7-13(19)18(2)14(17)20)9-16-8-10-4-3-5-11(15)6-10/h3-7,16H,8-9H2,1-2H3. The number of nitrogens with zero attached hydrogens (tertiary/aromatic N) is 2. The number of halogens is 1. The van der Waals surface area contributed by atoms with Crippen molar-refractivity contribution in [2.24, 2.45) is 14.1 Å². The second-order valence-electron chi connectivity index (χ2n) is 4.61. The van der Waals surface area contributed by atoms with Crippen molar-refractivity contribution in [2.75, 3.05) is 0 Å². The first-order valence-electron chi connectivity index (χ1n) is 6.20. The molecule has 106 valence electrons. The monoisotopic (exact) mass is 293 g/mol. The Hall–Kier alpha value is -1.85. The third-order valence-corrected chi connectivity index (χ3v) is 3.38. The summed E-state index contributed by atoms with van der Waals surface area (Å²) in [6.45, 7) is 1.05. The lowest BCUT2D eigenvalue weighted by Gasteiger charge is -2.10. The Morgan fingerprint density at radius 1 is 1.10 bits per heavy atom. The minimum Gasteiger partial charge on any atom is -0.307 e. The van der Waals surface area contributed by atoms with E-state index in [2.05, 4.69) is 5.32 Å². The number of benzene rings is 1. The maximum Gasteiger partial charge on any atom is 0.330 e. The first-order valence-corrected chi connectivity index (χ1v) is 6.58. The second-order valence-corrected chi connectivity index (χ2v) is 5.04. The van der Waals surface area contributed by atoms with Gasteiger partial charge < -0.3 is 5.32 Å². The minimum atomic E-state index is -0.322. The fourth-order valence-electron chi connectivity index (χ4n) is 1.93. The third-order valence-electron chi connectivity index (χ3n) is 3.15. The molecule has 1 aromatic heterocycles. The predicted molar refractivity (Wildman–Crippen MR) is 78.9 cm³/mol. The van der Waals surface area contributed by atoms with Crippen LogP contribution in [0.2, 0.25) is 5.02 Å². The van der Waals surface area contributed by atoms with E-state index >= 15 is 0 Å².